The summed E-state index contributed by atoms with van der Waals surface area (Å²) in [5, 5.41) is 2.23. The monoisotopic (exact) mass is 264 g/mol. The molecule has 0 radical (unpaired) electrons. The third-order valence-electron chi connectivity index (χ3n) is 2.85. The number of anilines is 1. The molecule has 0 amide bonds. The second-order valence-electron chi connectivity index (χ2n) is 4.35. The van der Waals surface area contributed by atoms with Gasteiger partial charge in [-0.3, -0.25) is 0 Å². The van der Waals surface area contributed by atoms with E-state index in [1.807, 2.05) is 32.2 Å². The third kappa shape index (κ3) is 2.51. The van der Waals surface area contributed by atoms with E-state index in [1.165, 1.54) is 0 Å². The van der Waals surface area contributed by atoms with Gasteiger partial charge in [0.2, 0.25) is 0 Å². The molecular formula is C14H17ClN2O. The molecule has 0 bridgehead atoms. The fourth-order valence-corrected chi connectivity index (χ4v) is 2.32. The number of fused-ring (bicyclic) bond motifs is 1. The van der Waals surface area contributed by atoms with E-state index in [2.05, 4.69) is 16.0 Å². The summed E-state index contributed by atoms with van der Waals surface area (Å²) in [6.07, 6.45) is 1.80. The van der Waals surface area contributed by atoms with Gasteiger partial charge < -0.3 is 9.64 Å². The van der Waals surface area contributed by atoms with Crippen LogP contribution in [0.5, 0.6) is 5.75 Å². The van der Waals surface area contributed by atoms with Crippen molar-refractivity contribution in [3.05, 3.63) is 30.5 Å². The summed E-state index contributed by atoms with van der Waals surface area (Å²) in [7, 11) is 3.68. The molecule has 3 nitrogen and oxygen atoms in total. The Morgan fingerprint density at radius 2 is 2.11 bits per heavy atom. The van der Waals surface area contributed by atoms with Crippen molar-refractivity contribution in [2.45, 2.75) is 12.3 Å². The van der Waals surface area contributed by atoms with Gasteiger partial charge in [0, 0.05) is 35.9 Å². The quantitative estimate of drug-likeness (QED) is 0.793. The lowest BCUT2D eigenvalue weighted by Crippen LogP contribution is -2.25. The molecule has 1 atom stereocenters. The number of halogens is 1. The van der Waals surface area contributed by atoms with Crippen LogP contribution in [-0.4, -0.2) is 31.1 Å². The van der Waals surface area contributed by atoms with Crippen LogP contribution in [-0.2, 0) is 0 Å². The van der Waals surface area contributed by atoms with Crippen molar-refractivity contribution in [1.82, 2.24) is 4.98 Å². The van der Waals surface area contributed by atoms with E-state index < -0.39 is 0 Å². The first-order valence-corrected chi connectivity index (χ1v) is 6.34. The van der Waals surface area contributed by atoms with Crippen LogP contribution in [0.25, 0.3) is 10.8 Å². The predicted octanol–water partition coefficient (Wildman–Crippen LogP) is 3.31. The van der Waals surface area contributed by atoms with Gasteiger partial charge in [-0.25, -0.2) is 4.98 Å². The molecule has 0 aliphatic rings. The molecule has 0 aliphatic heterocycles. The first-order valence-electron chi connectivity index (χ1n) is 5.90. The van der Waals surface area contributed by atoms with Crippen molar-refractivity contribution in [2.75, 3.05) is 25.6 Å². The zero-order valence-electron chi connectivity index (χ0n) is 10.9. The average molecular weight is 265 g/mol. The van der Waals surface area contributed by atoms with E-state index in [1.54, 1.807) is 13.3 Å². The van der Waals surface area contributed by atoms with Crippen LogP contribution in [0.1, 0.15) is 6.92 Å². The lowest BCUT2D eigenvalue weighted by Gasteiger charge is -2.21. The lowest BCUT2D eigenvalue weighted by atomic mass is 10.1. The molecule has 0 aliphatic carbocycles. The molecule has 96 valence electrons. The minimum atomic E-state index is 0.0812. The largest absolute Gasteiger partial charge is 0.496 e. The molecular weight excluding hydrogens is 248 g/mol. The van der Waals surface area contributed by atoms with Crippen molar-refractivity contribution in [2.24, 2.45) is 0 Å². The molecule has 0 saturated carbocycles. The number of rotatable bonds is 4. The molecule has 0 saturated heterocycles. The molecule has 0 N–H and O–H groups in total. The number of hydrogen-bond donors (Lipinski definition) is 0. The van der Waals surface area contributed by atoms with E-state index in [4.69, 9.17) is 16.3 Å². The number of hydrogen-bond acceptors (Lipinski definition) is 3. The highest BCUT2D eigenvalue weighted by Gasteiger charge is 2.11. The number of pyridine rings is 1. The molecule has 2 aromatic rings. The van der Waals surface area contributed by atoms with Gasteiger partial charge >= 0.3 is 0 Å². The summed E-state index contributed by atoms with van der Waals surface area (Å²) < 4.78 is 5.37. The zero-order valence-corrected chi connectivity index (χ0v) is 11.6. The summed E-state index contributed by atoms with van der Waals surface area (Å²) in [6, 6.07) is 7.95. The smallest absolute Gasteiger partial charge is 0.136 e. The fraction of sp³-hybridized carbons (Fsp3) is 0.357. The Balaban J connectivity index is 2.52. The van der Waals surface area contributed by atoms with E-state index in [-0.39, 0.29) is 5.38 Å². The lowest BCUT2D eigenvalue weighted by molar-refractivity contribution is 0.420. The van der Waals surface area contributed by atoms with E-state index in [0.29, 0.717) is 0 Å². The Morgan fingerprint density at radius 1 is 1.33 bits per heavy atom. The molecule has 4 heteroatoms. The topological polar surface area (TPSA) is 25.4 Å². The number of methoxy groups -OCH3 is 1. The Hall–Kier alpha value is -1.48. The number of aromatic nitrogens is 1. The molecule has 0 fully saturated rings. The first kappa shape index (κ1) is 13.0. The van der Waals surface area contributed by atoms with Crippen molar-refractivity contribution in [1.29, 1.82) is 0 Å². The standard InChI is InChI=1S/C14H17ClN2O/c1-10(15)9-17(2)14-12-5-4-6-13(18-3)11(12)7-8-16-14/h4-8,10H,9H2,1-3H3. The van der Waals surface area contributed by atoms with Crippen LogP contribution in [0.2, 0.25) is 0 Å². The fourth-order valence-electron chi connectivity index (χ4n) is 2.11. The Morgan fingerprint density at radius 3 is 2.78 bits per heavy atom. The highest BCUT2D eigenvalue weighted by Crippen LogP contribution is 2.30. The SMILES string of the molecule is COc1cccc2c(N(C)CC(C)Cl)nccc12. The average Bonchev–Trinajstić information content (AvgIpc) is 2.36. The molecule has 1 aromatic heterocycles. The number of benzene rings is 1. The van der Waals surface area contributed by atoms with E-state index in [0.717, 1.165) is 28.9 Å². The van der Waals surface area contributed by atoms with Gasteiger partial charge in [0.1, 0.15) is 11.6 Å². The number of ether oxygens (including phenoxy) is 1. The van der Waals surface area contributed by atoms with Gasteiger partial charge in [-0.2, -0.15) is 0 Å². The number of nitrogens with zero attached hydrogens (tertiary/aromatic N) is 2. The summed E-state index contributed by atoms with van der Waals surface area (Å²) in [4.78, 5) is 6.52. The Bertz CT molecular complexity index is 542. The van der Waals surface area contributed by atoms with Crippen molar-refractivity contribution >= 4 is 28.2 Å². The van der Waals surface area contributed by atoms with Crippen LogP contribution in [0.4, 0.5) is 5.82 Å². The highest BCUT2D eigenvalue weighted by molar-refractivity contribution is 6.20. The molecule has 1 heterocycles. The van der Waals surface area contributed by atoms with E-state index >= 15 is 0 Å². The van der Waals surface area contributed by atoms with Crippen LogP contribution < -0.4 is 9.64 Å². The first-order chi connectivity index (χ1) is 8.63. The molecule has 1 unspecified atom stereocenters. The van der Waals surface area contributed by atoms with Gasteiger partial charge in [-0.1, -0.05) is 12.1 Å². The maximum Gasteiger partial charge on any atom is 0.136 e. The van der Waals surface area contributed by atoms with Crippen molar-refractivity contribution in [3.63, 3.8) is 0 Å². The molecule has 18 heavy (non-hydrogen) atoms. The van der Waals surface area contributed by atoms with Crippen LogP contribution >= 0.6 is 11.6 Å². The summed E-state index contributed by atoms with van der Waals surface area (Å²) in [5.41, 5.74) is 0. The predicted molar refractivity (Wildman–Crippen MR) is 76.9 cm³/mol. The molecule has 0 spiro atoms. The second-order valence-corrected chi connectivity index (χ2v) is 5.10. The van der Waals surface area contributed by atoms with Crippen LogP contribution in [0.15, 0.2) is 30.5 Å². The zero-order chi connectivity index (χ0) is 13.1. The van der Waals surface area contributed by atoms with Crippen LogP contribution in [0.3, 0.4) is 0 Å². The maximum atomic E-state index is 6.04. The summed E-state index contributed by atoms with van der Waals surface area (Å²) in [5.74, 6) is 1.79. The molecule has 1 aromatic carbocycles. The Labute approximate surface area is 112 Å². The van der Waals surface area contributed by atoms with Gasteiger partial charge in [-0.15, -0.1) is 11.6 Å². The minimum Gasteiger partial charge on any atom is -0.496 e. The second kappa shape index (κ2) is 5.44. The normalized spacial score (nSPS) is 12.4. The maximum absolute atomic E-state index is 6.04. The van der Waals surface area contributed by atoms with Gasteiger partial charge in [0.25, 0.3) is 0 Å². The summed E-state index contributed by atoms with van der Waals surface area (Å²) in [6.45, 7) is 2.73. The van der Waals surface area contributed by atoms with E-state index in [9.17, 15) is 0 Å². The minimum absolute atomic E-state index is 0.0812. The number of alkyl halides is 1. The Kier molecular flexibility index (Phi) is 3.92. The van der Waals surface area contributed by atoms with Gasteiger partial charge in [0.15, 0.2) is 0 Å². The third-order valence-corrected chi connectivity index (χ3v) is 2.99. The van der Waals surface area contributed by atoms with Crippen LogP contribution in [0, 0.1) is 0 Å². The van der Waals surface area contributed by atoms with Gasteiger partial charge in [0.05, 0.1) is 7.11 Å². The van der Waals surface area contributed by atoms with Crippen molar-refractivity contribution < 1.29 is 4.74 Å². The molecule has 2 rings (SSSR count). The summed E-state index contributed by atoms with van der Waals surface area (Å²) >= 11 is 6.04. The van der Waals surface area contributed by atoms with Gasteiger partial charge in [-0.05, 0) is 19.1 Å². The van der Waals surface area contributed by atoms with Crippen molar-refractivity contribution in [3.8, 4) is 5.75 Å². The highest BCUT2D eigenvalue weighted by atomic mass is 35.5.